The number of halogens is 2. The molecule has 1 N–H and O–H groups in total. The molecule has 8 heteroatoms. The van der Waals surface area contributed by atoms with E-state index >= 15 is 0 Å². The topological polar surface area (TPSA) is 68.3 Å². The second-order valence-electron chi connectivity index (χ2n) is 8.09. The summed E-state index contributed by atoms with van der Waals surface area (Å²) >= 11 is 11.2. The maximum Gasteiger partial charge on any atom is 0.341 e. The van der Waals surface area contributed by atoms with E-state index in [9.17, 15) is 9.59 Å². The third kappa shape index (κ3) is 5.16. The quantitative estimate of drug-likeness (QED) is 0.201. The lowest BCUT2D eigenvalue weighted by molar-refractivity contribution is 0.0529. The van der Waals surface area contributed by atoms with Crippen LogP contribution in [-0.4, -0.2) is 23.5 Å². The second kappa shape index (κ2) is 10.8. The molecule has 5 aromatic rings. The fourth-order valence-electron chi connectivity index (χ4n) is 4.04. The Hall–Kier alpha value is -3.52. The SMILES string of the molecule is CCOC(=O)c1c(-c2ccc(Br)cc2)csc1NC(=O)c1cc(-c2ccccc2Cl)nc2ccccc12. The molecule has 1 amide bonds. The van der Waals surface area contributed by atoms with Crippen LogP contribution in [0.15, 0.2) is 88.7 Å². The fourth-order valence-corrected chi connectivity index (χ4v) is 5.49. The van der Waals surface area contributed by atoms with Crippen LogP contribution >= 0.6 is 38.9 Å². The molecular formula is C29H20BrClN2O3S. The van der Waals surface area contributed by atoms with Gasteiger partial charge in [0.2, 0.25) is 0 Å². The molecule has 0 fully saturated rings. The Morgan fingerprint density at radius 1 is 1.00 bits per heavy atom. The maximum atomic E-state index is 13.7. The number of anilines is 1. The molecule has 0 aliphatic carbocycles. The van der Waals surface area contributed by atoms with E-state index in [1.807, 2.05) is 72.1 Å². The van der Waals surface area contributed by atoms with E-state index in [1.165, 1.54) is 11.3 Å². The highest BCUT2D eigenvalue weighted by Gasteiger charge is 2.24. The number of benzene rings is 3. The van der Waals surface area contributed by atoms with Crippen LogP contribution in [-0.2, 0) is 4.74 Å². The summed E-state index contributed by atoms with van der Waals surface area (Å²) in [5, 5.41) is 6.47. The molecule has 0 unspecified atom stereocenters. The Morgan fingerprint density at radius 2 is 1.73 bits per heavy atom. The number of para-hydroxylation sites is 1. The molecule has 5 nitrogen and oxygen atoms in total. The van der Waals surface area contributed by atoms with Crippen LogP contribution in [0.25, 0.3) is 33.3 Å². The molecule has 184 valence electrons. The van der Waals surface area contributed by atoms with E-state index in [1.54, 1.807) is 19.1 Å². The molecule has 5 rings (SSSR count). The molecule has 0 spiro atoms. The Morgan fingerprint density at radius 3 is 2.49 bits per heavy atom. The van der Waals surface area contributed by atoms with Gasteiger partial charge in [0.15, 0.2) is 0 Å². The van der Waals surface area contributed by atoms with Crippen molar-refractivity contribution in [1.29, 1.82) is 0 Å². The average molecular weight is 592 g/mol. The minimum Gasteiger partial charge on any atom is -0.462 e. The van der Waals surface area contributed by atoms with Gasteiger partial charge in [-0.3, -0.25) is 4.79 Å². The Balaban J connectivity index is 1.59. The molecule has 0 saturated heterocycles. The number of carbonyl (C=O) groups is 2. The number of nitrogens with zero attached hydrogens (tertiary/aromatic N) is 1. The van der Waals surface area contributed by atoms with Crippen LogP contribution < -0.4 is 5.32 Å². The van der Waals surface area contributed by atoms with Crippen LogP contribution in [0.1, 0.15) is 27.6 Å². The molecule has 0 aliphatic heterocycles. The number of carbonyl (C=O) groups excluding carboxylic acids is 2. The van der Waals surface area contributed by atoms with Gasteiger partial charge in [-0.15, -0.1) is 11.3 Å². The lowest BCUT2D eigenvalue weighted by Crippen LogP contribution is -2.15. The number of amides is 1. The highest BCUT2D eigenvalue weighted by molar-refractivity contribution is 9.10. The summed E-state index contributed by atoms with van der Waals surface area (Å²) in [5.41, 5.74) is 4.27. The van der Waals surface area contributed by atoms with Gasteiger partial charge in [-0.1, -0.05) is 76.1 Å². The number of hydrogen-bond donors (Lipinski definition) is 1. The van der Waals surface area contributed by atoms with Gasteiger partial charge in [0.1, 0.15) is 10.6 Å². The van der Waals surface area contributed by atoms with Gasteiger partial charge < -0.3 is 10.1 Å². The van der Waals surface area contributed by atoms with Crippen molar-refractivity contribution >= 4 is 66.6 Å². The monoisotopic (exact) mass is 590 g/mol. The molecule has 0 bridgehead atoms. The number of thiophene rings is 1. The van der Waals surface area contributed by atoms with E-state index in [0.717, 1.165) is 15.6 Å². The lowest BCUT2D eigenvalue weighted by Gasteiger charge is -2.12. The van der Waals surface area contributed by atoms with Crippen molar-refractivity contribution in [3.63, 3.8) is 0 Å². The zero-order chi connectivity index (χ0) is 25.9. The fraction of sp³-hybridized carbons (Fsp3) is 0.0690. The average Bonchev–Trinajstić information content (AvgIpc) is 3.32. The first kappa shape index (κ1) is 25.1. The first-order valence-corrected chi connectivity index (χ1v) is 13.5. The van der Waals surface area contributed by atoms with Crippen LogP contribution in [0.4, 0.5) is 5.00 Å². The normalized spacial score (nSPS) is 10.9. The molecule has 0 saturated carbocycles. The highest BCUT2D eigenvalue weighted by atomic mass is 79.9. The van der Waals surface area contributed by atoms with Crippen LogP contribution in [0.3, 0.4) is 0 Å². The summed E-state index contributed by atoms with van der Waals surface area (Å²) in [6.45, 7) is 1.97. The number of nitrogens with one attached hydrogen (secondary N) is 1. The predicted octanol–water partition coefficient (Wildman–Crippen LogP) is 8.48. The number of aromatic nitrogens is 1. The van der Waals surface area contributed by atoms with Crippen molar-refractivity contribution in [2.75, 3.05) is 11.9 Å². The molecule has 0 radical (unpaired) electrons. The van der Waals surface area contributed by atoms with Gasteiger partial charge in [0, 0.05) is 31.4 Å². The summed E-state index contributed by atoms with van der Waals surface area (Å²) < 4.78 is 6.27. The van der Waals surface area contributed by atoms with Crippen molar-refractivity contribution in [3.8, 4) is 22.4 Å². The Kier molecular flexibility index (Phi) is 7.37. The van der Waals surface area contributed by atoms with E-state index < -0.39 is 5.97 Å². The van der Waals surface area contributed by atoms with Crippen LogP contribution in [0.2, 0.25) is 5.02 Å². The summed E-state index contributed by atoms with van der Waals surface area (Å²) in [4.78, 5) is 31.4. The van der Waals surface area contributed by atoms with Crippen molar-refractivity contribution in [3.05, 3.63) is 105 Å². The third-order valence-corrected chi connectivity index (χ3v) is 7.52. The van der Waals surface area contributed by atoms with E-state index in [-0.39, 0.29) is 12.5 Å². The first-order chi connectivity index (χ1) is 18.0. The molecule has 37 heavy (non-hydrogen) atoms. The van der Waals surface area contributed by atoms with Crippen molar-refractivity contribution < 1.29 is 14.3 Å². The second-order valence-corrected chi connectivity index (χ2v) is 10.3. The zero-order valence-corrected chi connectivity index (χ0v) is 22.8. The van der Waals surface area contributed by atoms with E-state index in [2.05, 4.69) is 21.2 Å². The minimum absolute atomic E-state index is 0.220. The zero-order valence-electron chi connectivity index (χ0n) is 19.6. The van der Waals surface area contributed by atoms with Crippen molar-refractivity contribution in [2.45, 2.75) is 6.92 Å². The van der Waals surface area contributed by atoms with Gasteiger partial charge in [-0.25, -0.2) is 9.78 Å². The smallest absolute Gasteiger partial charge is 0.341 e. The molecule has 3 aromatic carbocycles. The summed E-state index contributed by atoms with van der Waals surface area (Å²) in [6, 6.07) is 24.2. The van der Waals surface area contributed by atoms with Gasteiger partial charge in [-0.2, -0.15) is 0 Å². The molecular weight excluding hydrogens is 572 g/mol. The number of rotatable bonds is 6. The highest BCUT2D eigenvalue weighted by Crippen LogP contribution is 2.37. The molecule has 2 aromatic heterocycles. The van der Waals surface area contributed by atoms with E-state index in [0.29, 0.717) is 43.3 Å². The van der Waals surface area contributed by atoms with Crippen LogP contribution in [0.5, 0.6) is 0 Å². The molecule has 0 aliphatic rings. The summed E-state index contributed by atoms with van der Waals surface area (Å²) in [7, 11) is 0. The molecule has 2 heterocycles. The number of fused-ring (bicyclic) bond motifs is 1. The van der Waals surface area contributed by atoms with Crippen LogP contribution in [0, 0.1) is 0 Å². The third-order valence-electron chi connectivity index (χ3n) is 5.76. The molecule has 0 atom stereocenters. The van der Waals surface area contributed by atoms with Gasteiger partial charge in [0.25, 0.3) is 5.91 Å². The van der Waals surface area contributed by atoms with Gasteiger partial charge in [0.05, 0.1) is 23.4 Å². The Labute approximate surface area is 231 Å². The van der Waals surface area contributed by atoms with E-state index in [4.69, 9.17) is 21.3 Å². The summed E-state index contributed by atoms with van der Waals surface area (Å²) in [6.07, 6.45) is 0. The predicted molar refractivity (Wildman–Crippen MR) is 154 cm³/mol. The van der Waals surface area contributed by atoms with Crippen molar-refractivity contribution in [2.24, 2.45) is 0 Å². The van der Waals surface area contributed by atoms with Crippen molar-refractivity contribution in [1.82, 2.24) is 4.98 Å². The largest absolute Gasteiger partial charge is 0.462 e. The first-order valence-electron chi connectivity index (χ1n) is 11.5. The summed E-state index contributed by atoms with van der Waals surface area (Å²) in [5.74, 6) is -0.852. The number of hydrogen-bond acceptors (Lipinski definition) is 5. The standard InChI is InChI=1S/C29H20BrClN2O3S/c1-2-36-29(35)26-22(17-11-13-18(30)14-12-17)16-37-28(26)33-27(34)21-15-25(20-8-3-5-9-23(20)31)32-24-10-6-4-7-19(21)24/h3-16H,2H2,1H3,(H,33,34). The number of ether oxygens (including phenoxy) is 1. The lowest BCUT2D eigenvalue weighted by atomic mass is 10.0. The number of pyridine rings is 1. The number of esters is 1. The Bertz CT molecular complexity index is 1630. The maximum absolute atomic E-state index is 13.7. The van der Waals surface area contributed by atoms with Gasteiger partial charge in [-0.05, 0) is 42.8 Å². The van der Waals surface area contributed by atoms with Gasteiger partial charge >= 0.3 is 5.97 Å². The minimum atomic E-state index is -0.492.